The van der Waals surface area contributed by atoms with E-state index in [1.807, 2.05) is 57.3 Å². The van der Waals surface area contributed by atoms with Crippen molar-refractivity contribution in [3.63, 3.8) is 0 Å². The van der Waals surface area contributed by atoms with Gasteiger partial charge in [0.15, 0.2) is 11.6 Å². The molecule has 1 aromatic carbocycles. The lowest BCUT2D eigenvalue weighted by atomic mass is 10.1. The summed E-state index contributed by atoms with van der Waals surface area (Å²) in [4.78, 5) is 20.8. The number of benzene rings is 1. The molecular formula is C21H30ClIN7O2P. The minimum absolute atomic E-state index is 0.0218. The van der Waals surface area contributed by atoms with Crippen molar-refractivity contribution in [2.24, 2.45) is 0 Å². The number of aromatic nitrogens is 4. The second-order valence-electron chi connectivity index (χ2n) is 5.82. The van der Waals surface area contributed by atoms with Gasteiger partial charge in [0, 0.05) is 7.05 Å². The van der Waals surface area contributed by atoms with Gasteiger partial charge in [0.05, 0.1) is 30.4 Å². The van der Waals surface area contributed by atoms with E-state index in [9.17, 15) is 4.79 Å². The summed E-state index contributed by atoms with van der Waals surface area (Å²) in [7, 11) is 3.07. The highest BCUT2D eigenvalue weighted by Crippen LogP contribution is 2.39. The predicted octanol–water partition coefficient (Wildman–Crippen LogP) is 5.84. The Kier molecular flexibility index (Phi) is 12.4. The number of hydrogen-bond acceptors (Lipinski definition) is 7. The maximum Gasteiger partial charge on any atom is 0.256 e. The summed E-state index contributed by atoms with van der Waals surface area (Å²) in [5.74, 6) is 1.52. The van der Waals surface area contributed by atoms with E-state index < -0.39 is 0 Å². The molecule has 4 N–H and O–H groups in total. The number of ether oxygens (including phenoxy) is 1. The molecule has 0 saturated carbocycles. The summed E-state index contributed by atoms with van der Waals surface area (Å²) in [6, 6.07) is 7.05. The maximum atomic E-state index is 12.3. The molecule has 1 atom stereocenters. The first kappa shape index (κ1) is 28.9. The van der Waals surface area contributed by atoms with Crippen LogP contribution in [-0.2, 0) is 0 Å². The number of nitrogen functional groups attached to an aromatic ring is 1. The average Bonchev–Trinajstić information content (AvgIpc) is 3.21. The molecule has 2 heterocycles. The van der Waals surface area contributed by atoms with Crippen LogP contribution in [0.1, 0.15) is 43.9 Å². The topological polar surface area (TPSA) is 120 Å². The smallest absolute Gasteiger partial charge is 0.256 e. The number of carbonyl (C=O) groups excluding carboxylic acids is 1. The van der Waals surface area contributed by atoms with Gasteiger partial charge in [0.25, 0.3) is 5.91 Å². The molecule has 0 spiro atoms. The first-order valence-corrected chi connectivity index (χ1v) is 14.8. The van der Waals surface area contributed by atoms with Gasteiger partial charge in [0.2, 0.25) is 0 Å². The second kappa shape index (κ2) is 14.2. The van der Waals surface area contributed by atoms with Crippen molar-refractivity contribution in [3.8, 4) is 17.1 Å². The number of carbonyl (C=O) groups is 1. The minimum atomic E-state index is -0.386. The van der Waals surface area contributed by atoms with Gasteiger partial charge in [-0.3, -0.25) is 4.79 Å². The van der Waals surface area contributed by atoms with E-state index in [0.717, 1.165) is 5.82 Å². The number of para-hydroxylation sites is 1. The molecule has 9 nitrogen and oxygen atoms in total. The van der Waals surface area contributed by atoms with Crippen LogP contribution in [0.5, 0.6) is 5.75 Å². The molecule has 0 fully saturated rings. The van der Waals surface area contributed by atoms with E-state index in [0.29, 0.717) is 34.9 Å². The average molecular weight is 606 g/mol. The molecule has 0 radical (unpaired) electrons. The summed E-state index contributed by atoms with van der Waals surface area (Å²) < 4.78 is 7.46. The largest absolute Gasteiger partial charge is 0.494 e. The number of halogens is 2. The zero-order chi connectivity index (χ0) is 25.1. The Hall–Kier alpha value is -2.17. The summed E-state index contributed by atoms with van der Waals surface area (Å²) in [5.41, 5.74) is 7.83. The lowest BCUT2D eigenvalue weighted by molar-refractivity contribution is 0.0964. The highest BCUT2D eigenvalue weighted by Gasteiger charge is 2.20. The van der Waals surface area contributed by atoms with E-state index >= 15 is 0 Å². The normalized spacial score (nSPS) is 10.1. The SMILES string of the molecule is CC.CC.CNC(=O)c1c(Nc2cccc(-c3nc(C)n(PI)n3)c2OC)cc(Cl)nc1N. The van der Waals surface area contributed by atoms with Gasteiger partial charge in [-0.1, -0.05) is 45.4 Å². The monoisotopic (exact) mass is 605 g/mol. The number of nitrogens with zero attached hydrogens (tertiary/aromatic N) is 4. The maximum absolute atomic E-state index is 12.3. The fourth-order valence-corrected chi connectivity index (χ4v) is 4.63. The zero-order valence-electron chi connectivity index (χ0n) is 19.7. The molecule has 1 unspecified atom stereocenters. The van der Waals surface area contributed by atoms with Crippen molar-refractivity contribution in [1.29, 1.82) is 0 Å². The van der Waals surface area contributed by atoms with Crippen LogP contribution in [0.3, 0.4) is 0 Å². The van der Waals surface area contributed by atoms with Crippen LogP contribution in [0.25, 0.3) is 11.4 Å². The number of anilines is 3. The van der Waals surface area contributed by atoms with Crippen LogP contribution in [0.2, 0.25) is 5.15 Å². The summed E-state index contributed by atoms with van der Waals surface area (Å²) in [6.45, 7) is 9.90. The third-order valence-corrected chi connectivity index (χ3v) is 6.20. The Morgan fingerprint density at radius 2 is 1.88 bits per heavy atom. The number of aryl methyl sites for hydroxylation is 1. The van der Waals surface area contributed by atoms with Gasteiger partial charge in [-0.05, 0) is 47.2 Å². The summed E-state index contributed by atoms with van der Waals surface area (Å²) >= 11 is 8.30. The van der Waals surface area contributed by atoms with Crippen molar-refractivity contribution in [2.45, 2.75) is 34.6 Å². The number of pyridine rings is 1. The standard InChI is InChI=1S/C17H18ClIN7O2P.2C2H6/c1-8-22-16(25-26(8)29-19)9-5-4-6-10(14(9)28-3)23-11-7-12(18)24-15(20)13(11)17(27)21-2;2*1-2/h4-7,29H,1-3H3,(H,21,27)(H3,20,23,24);2*1-2H3. The van der Waals surface area contributed by atoms with Crippen LogP contribution < -0.4 is 21.1 Å². The number of nitrogens with one attached hydrogen (secondary N) is 2. The number of nitrogens with two attached hydrogens (primary N) is 1. The Bertz CT molecular complexity index is 1080. The van der Waals surface area contributed by atoms with Crippen molar-refractivity contribution < 1.29 is 9.53 Å². The number of methoxy groups -OCH3 is 1. The third-order valence-electron chi connectivity index (χ3n) is 4.05. The van der Waals surface area contributed by atoms with Crippen molar-refractivity contribution >= 4 is 63.1 Å². The molecule has 3 aromatic rings. The summed E-state index contributed by atoms with van der Waals surface area (Å²) in [6.07, 6.45) is 0.436. The van der Waals surface area contributed by atoms with Gasteiger partial charge in [-0.2, -0.15) is 0 Å². The second-order valence-corrected chi connectivity index (χ2v) is 8.25. The first-order chi connectivity index (χ1) is 15.9. The molecule has 0 aliphatic heterocycles. The van der Waals surface area contributed by atoms with Crippen molar-refractivity contribution in [1.82, 2.24) is 24.8 Å². The molecule has 2 aromatic heterocycles. The molecule has 33 heavy (non-hydrogen) atoms. The Morgan fingerprint density at radius 3 is 2.42 bits per heavy atom. The molecule has 1 amide bonds. The van der Waals surface area contributed by atoms with E-state index in [2.05, 4.69) is 47.7 Å². The summed E-state index contributed by atoms with van der Waals surface area (Å²) in [5, 5.41) is 10.4. The lowest BCUT2D eigenvalue weighted by Crippen LogP contribution is -2.21. The fourth-order valence-electron chi connectivity index (χ4n) is 2.76. The zero-order valence-corrected chi connectivity index (χ0v) is 23.7. The minimum Gasteiger partial charge on any atom is -0.494 e. The molecule has 0 saturated heterocycles. The van der Waals surface area contributed by atoms with Gasteiger partial charge in [-0.25, -0.2) is 14.4 Å². The first-order valence-electron chi connectivity index (χ1n) is 10.3. The van der Waals surface area contributed by atoms with E-state index in [-0.39, 0.29) is 22.4 Å². The molecular weight excluding hydrogens is 576 g/mol. The van der Waals surface area contributed by atoms with Gasteiger partial charge >= 0.3 is 0 Å². The lowest BCUT2D eigenvalue weighted by Gasteiger charge is -2.17. The van der Waals surface area contributed by atoms with Crippen LogP contribution in [0, 0.1) is 6.92 Å². The van der Waals surface area contributed by atoms with Gasteiger partial charge in [0.1, 0.15) is 22.4 Å². The molecule has 3 rings (SSSR count). The van der Waals surface area contributed by atoms with Crippen LogP contribution in [-0.4, -0.2) is 39.6 Å². The number of rotatable bonds is 6. The predicted molar refractivity (Wildman–Crippen MR) is 148 cm³/mol. The van der Waals surface area contributed by atoms with E-state index in [1.54, 1.807) is 7.11 Å². The molecule has 0 aliphatic carbocycles. The van der Waals surface area contributed by atoms with E-state index in [4.69, 9.17) is 22.1 Å². The molecule has 180 valence electrons. The highest BCUT2D eigenvalue weighted by molar-refractivity contribution is 14.2. The quantitative estimate of drug-likeness (QED) is 0.183. The Labute approximate surface area is 214 Å². The van der Waals surface area contributed by atoms with E-state index in [1.165, 1.54) is 13.1 Å². The fraction of sp³-hybridized carbons (Fsp3) is 0.333. The van der Waals surface area contributed by atoms with Crippen LogP contribution in [0.15, 0.2) is 24.3 Å². The van der Waals surface area contributed by atoms with Crippen LogP contribution >= 0.6 is 40.0 Å². The highest BCUT2D eigenvalue weighted by atomic mass is 127. The van der Waals surface area contributed by atoms with Crippen molar-refractivity contribution in [2.75, 3.05) is 25.2 Å². The molecule has 0 aliphatic rings. The Morgan fingerprint density at radius 1 is 1.21 bits per heavy atom. The number of amides is 1. The Balaban J connectivity index is 0.00000129. The van der Waals surface area contributed by atoms with Crippen molar-refractivity contribution in [3.05, 3.63) is 40.8 Å². The van der Waals surface area contributed by atoms with Crippen LogP contribution in [0.4, 0.5) is 17.2 Å². The molecule has 12 heteroatoms. The molecule has 0 bridgehead atoms. The van der Waals surface area contributed by atoms with Gasteiger partial charge in [-0.15, -0.1) is 5.10 Å². The van der Waals surface area contributed by atoms with Gasteiger partial charge < -0.3 is 21.1 Å². The number of hydrogen-bond donors (Lipinski definition) is 3. The third kappa shape index (κ3) is 6.91.